The number of furan rings is 1. The van der Waals surface area contributed by atoms with Crippen molar-refractivity contribution >= 4 is 17.8 Å². The Bertz CT molecular complexity index is 964. The van der Waals surface area contributed by atoms with Crippen LogP contribution in [0.1, 0.15) is 26.5 Å². The van der Waals surface area contributed by atoms with E-state index in [1.165, 1.54) is 12.1 Å². The Labute approximate surface area is 150 Å². The van der Waals surface area contributed by atoms with Crippen LogP contribution in [-0.4, -0.2) is 24.0 Å². The van der Waals surface area contributed by atoms with Gasteiger partial charge in [-0.05, 0) is 54.6 Å². The summed E-state index contributed by atoms with van der Waals surface area (Å²) < 4.78 is 10.7. The number of ether oxygens (including phenoxy) is 1. The van der Waals surface area contributed by atoms with Crippen LogP contribution in [-0.2, 0) is 0 Å². The average Bonchev–Trinajstić information content (AvgIpc) is 3.15. The molecule has 0 fully saturated rings. The maximum atomic E-state index is 12.2. The molecule has 0 saturated carbocycles. The number of rotatable bonds is 6. The zero-order valence-corrected chi connectivity index (χ0v) is 14.0. The lowest BCUT2D eigenvalue weighted by Crippen LogP contribution is -1.98. The number of carboxylic acids is 1. The quantitative estimate of drug-likeness (QED) is 0.522. The van der Waals surface area contributed by atoms with E-state index in [-0.39, 0.29) is 11.3 Å². The largest absolute Gasteiger partial charge is 0.497 e. The molecule has 5 heteroatoms. The molecule has 0 atom stereocenters. The first kappa shape index (κ1) is 17.2. The molecule has 5 nitrogen and oxygen atoms in total. The number of methoxy groups -OCH3 is 1. The smallest absolute Gasteiger partial charge is 0.336 e. The SMILES string of the molecule is COc1ccc(C(=O)/C=C/c2ccc(-c3ccccc3C(=O)O)o2)cc1. The van der Waals surface area contributed by atoms with E-state index in [1.807, 2.05) is 0 Å². The van der Waals surface area contributed by atoms with Gasteiger partial charge in [-0.25, -0.2) is 4.79 Å². The highest BCUT2D eigenvalue weighted by Gasteiger charge is 2.13. The van der Waals surface area contributed by atoms with E-state index in [4.69, 9.17) is 9.15 Å². The Hall–Kier alpha value is -3.60. The molecule has 130 valence electrons. The van der Waals surface area contributed by atoms with Gasteiger partial charge in [0.05, 0.1) is 12.7 Å². The van der Waals surface area contributed by atoms with E-state index in [0.29, 0.717) is 28.4 Å². The summed E-state index contributed by atoms with van der Waals surface area (Å²) in [6.07, 6.45) is 2.97. The molecule has 0 radical (unpaired) electrons. The second-order valence-electron chi connectivity index (χ2n) is 5.48. The molecule has 26 heavy (non-hydrogen) atoms. The van der Waals surface area contributed by atoms with E-state index in [1.54, 1.807) is 67.8 Å². The van der Waals surface area contributed by atoms with Crippen molar-refractivity contribution in [2.24, 2.45) is 0 Å². The molecule has 0 aliphatic rings. The third kappa shape index (κ3) is 3.72. The number of hydrogen-bond acceptors (Lipinski definition) is 4. The summed E-state index contributed by atoms with van der Waals surface area (Å²) in [7, 11) is 1.56. The van der Waals surface area contributed by atoms with Gasteiger partial charge in [-0.3, -0.25) is 4.79 Å². The molecule has 0 saturated heterocycles. The van der Waals surface area contributed by atoms with Crippen molar-refractivity contribution in [2.45, 2.75) is 0 Å². The Kier molecular flexibility index (Phi) is 4.99. The van der Waals surface area contributed by atoms with Crippen LogP contribution in [0.15, 0.2) is 71.2 Å². The van der Waals surface area contributed by atoms with Crippen molar-refractivity contribution in [3.8, 4) is 17.1 Å². The lowest BCUT2D eigenvalue weighted by atomic mass is 10.1. The average molecular weight is 348 g/mol. The number of carbonyl (C=O) groups is 2. The van der Waals surface area contributed by atoms with Crippen molar-refractivity contribution in [1.29, 1.82) is 0 Å². The number of carbonyl (C=O) groups excluding carboxylic acids is 1. The molecule has 1 aromatic heterocycles. The minimum Gasteiger partial charge on any atom is -0.497 e. The monoisotopic (exact) mass is 348 g/mol. The molecule has 0 aliphatic carbocycles. The Morgan fingerprint density at radius 1 is 1.00 bits per heavy atom. The maximum Gasteiger partial charge on any atom is 0.336 e. The minimum atomic E-state index is -1.02. The fourth-order valence-corrected chi connectivity index (χ4v) is 2.48. The van der Waals surface area contributed by atoms with E-state index in [2.05, 4.69) is 0 Å². The van der Waals surface area contributed by atoms with Crippen LogP contribution in [0.2, 0.25) is 0 Å². The number of benzene rings is 2. The van der Waals surface area contributed by atoms with Gasteiger partial charge < -0.3 is 14.3 Å². The lowest BCUT2D eigenvalue weighted by Gasteiger charge is -2.02. The molecule has 1 heterocycles. The second kappa shape index (κ2) is 7.53. The normalized spacial score (nSPS) is 10.8. The van der Waals surface area contributed by atoms with Gasteiger partial charge in [-0.2, -0.15) is 0 Å². The summed E-state index contributed by atoms with van der Waals surface area (Å²) in [6.45, 7) is 0. The van der Waals surface area contributed by atoms with Crippen LogP contribution in [0.4, 0.5) is 0 Å². The zero-order chi connectivity index (χ0) is 18.5. The van der Waals surface area contributed by atoms with Crippen LogP contribution in [0.3, 0.4) is 0 Å². The summed E-state index contributed by atoms with van der Waals surface area (Å²) in [6, 6.07) is 16.8. The van der Waals surface area contributed by atoms with Gasteiger partial charge in [0.2, 0.25) is 0 Å². The van der Waals surface area contributed by atoms with E-state index >= 15 is 0 Å². The van der Waals surface area contributed by atoms with Gasteiger partial charge in [-0.1, -0.05) is 18.2 Å². The number of hydrogen-bond donors (Lipinski definition) is 1. The summed E-state index contributed by atoms with van der Waals surface area (Å²) in [5, 5.41) is 9.26. The Balaban J connectivity index is 1.79. The van der Waals surface area contributed by atoms with Gasteiger partial charge in [0.25, 0.3) is 0 Å². The molecule has 0 aliphatic heterocycles. The highest BCUT2D eigenvalue weighted by atomic mass is 16.5. The highest BCUT2D eigenvalue weighted by molar-refractivity contribution is 6.06. The lowest BCUT2D eigenvalue weighted by molar-refractivity contribution is 0.0697. The first-order valence-corrected chi connectivity index (χ1v) is 7.87. The first-order valence-electron chi connectivity index (χ1n) is 7.87. The zero-order valence-electron chi connectivity index (χ0n) is 14.0. The first-order chi connectivity index (χ1) is 12.6. The predicted molar refractivity (Wildman–Crippen MR) is 97.5 cm³/mol. The van der Waals surface area contributed by atoms with Gasteiger partial charge in [-0.15, -0.1) is 0 Å². The molecule has 3 aromatic rings. The fraction of sp³-hybridized carbons (Fsp3) is 0.0476. The molecule has 0 bridgehead atoms. The topological polar surface area (TPSA) is 76.7 Å². The van der Waals surface area contributed by atoms with Crippen molar-refractivity contribution in [3.63, 3.8) is 0 Å². The van der Waals surface area contributed by atoms with Crippen LogP contribution < -0.4 is 4.74 Å². The number of ketones is 1. The van der Waals surface area contributed by atoms with Gasteiger partial charge in [0, 0.05) is 11.1 Å². The van der Waals surface area contributed by atoms with Gasteiger partial charge >= 0.3 is 5.97 Å². The van der Waals surface area contributed by atoms with Gasteiger partial charge in [0.15, 0.2) is 5.78 Å². The second-order valence-corrected chi connectivity index (χ2v) is 5.48. The van der Waals surface area contributed by atoms with Crippen molar-refractivity contribution in [1.82, 2.24) is 0 Å². The molecule has 3 rings (SSSR count). The van der Waals surface area contributed by atoms with Crippen LogP contribution >= 0.6 is 0 Å². The predicted octanol–water partition coefficient (Wildman–Crippen LogP) is 4.55. The summed E-state index contributed by atoms with van der Waals surface area (Å²) >= 11 is 0. The fourth-order valence-electron chi connectivity index (χ4n) is 2.48. The molecular weight excluding hydrogens is 332 g/mol. The number of carboxylic acid groups (broad SMARTS) is 1. The molecule has 0 spiro atoms. The maximum absolute atomic E-state index is 12.2. The third-order valence-electron chi connectivity index (χ3n) is 3.82. The van der Waals surface area contributed by atoms with E-state index < -0.39 is 5.97 Å². The molecular formula is C21H16O5. The van der Waals surface area contributed by atoms with Crippen molar-refractivity contribution in [3.05, 3.63) is 83.6 Å². The molecule has 2 aromatic carbocycles. The summed E-state index contributed by atoms with van der Waals surface area (Å²) in [5.41, 5.74) is 1.18. The summed E-state index contributed by atoms with van der Waals surface area (Å²) in [4.78, 5) is 23.5. The van der Waals surface area contributed by atoms with E-state index in [0.717, 1.165) is 0 Å². The third-order valence-corrected chi connectivity index (χ3v) is 3.82. The Morgan fingerprint density at radius 2 is 1.73 bits per heavy atom. The minimum absolute atomic E-state index is 0.159. The van der Waals surface area contributed by atoms with Crippen molar-refractivity contribution in [2.75, 3.05) is 7.11 Å². The number of aromatic carboxylic acids is 1. The van der Waals surface area contributed by atoms with E-state index in [9.17, 15) is 14.7 Å². The standard InChI is InChI=1S/C21H16O5/c1-25-15-8-6-14(7-9-15)19(22)12-10-16-11-13-20(26-16)17-4-2-3-5-18(17)21(23)24/h2-13H,1H3,(H,23,24)/b12-10+. The molecule has 0 amide bonds. The van der Waals surface area contributed by atoms with Crippen LogP contribution in [0, 0.1) is 0 Å². The van der Waals surface area contributed by atoms with Crippen molar-refractivity contribution < 1.29 is 23.8 Å². The molecule has 0 unspecified atom stereocenters. The summed E-state index contributed by atoms with van der Waals surface area (Å²) in [5.74, 6) is 0.375. The molecule has 1 N–H and O–H groups in total. The van der Waals surface area contributed by atoms with Gasteiger partial charge in [0.1, 0.15) is 17.3 Å². The number of allylic oxidation sites excluding steroid dienone is 1. The van der Waals surface area contributed by atoms with Crippen LogP contribution in [0.5, 0.6) is 5.75 Å². The highest BCUT2D eigenvalue weighted by Crippen LogP contribution is 2.26. The van der Waals surface area contributed by atoms with Crippen LogP contribution in [0.25, 0.3) is 17.4 Å². The Morgan fingerprint density at radius 3 is 2.42 bits per heavy atom.